The van der Waals surface area contributed by atoms with Crippen molar-refractivity contribution in [3.8, 4) is 5.75 Å². The van der Waals surface area contributed by atoms with E-state index < -0.39 is 5.60 Å². The fraction of sp³-hybridized carbons (Fsp3) is 0.250. The van der Waals surface area contributed by atoms with E-state index in [1.165, 1.54) is 0 Å². The molecule has 8 nitrogen and oxygen atoms in total. The monoisotopic (exact) mass is 483 g/mol. The normalized spacial score (nSPS) is 15.0. The van der Waals surface area contributed by atoms with Crippen LogP contribution in [0.3, 0.4) is 0 Å². The lowest BCUT2D eigenvalue weighted by Gasteiger charge is -2.38. The van der Waals surface area contributed by atoms with Crippen molar-refractivity contribution >= 4 is 22.5 Å². The van der Waals surface area contributed by atoms with Crippen LogP contribution in [0.4, 0.5) is 5.69 Å². The molecule has 1 saturated heterocycles. The molecule has 184 valence electrons. The molecular formula is C28H29N5O3. The van der Waals surface area contributed by atoms with E-state index in [0.717, 1.165) is 28.0 Å². The van der Waals surface area contributed by atoms with Crippen LogP contribution in [0.15, 0.2) is 79.0 Å². The van der Waals surface area contributed by atoms with Crippen LogP contribution in [0.25, 0.3) is 10.9 Å². The maximum atomic E-state index is 13.0. The van der Waals surface area contributed by atoms with E-state index in [9.17, 15) is 9.90 Å². The van der Waals surface area contributed by atoms with Crippen LogP contribution in [0.5, 0.6) is 5.75 Å². The van der Waals surface area contributed by atoms with Crippen molar-refractivity contribution < 1.29 is 14.7 Å². The number of aromatic nitrogens is 2. The summed E-state index contributed by atoms with van der Waals surface area (Å²) in [5.41, 5.74) is 8.81. The minimum Gasteiger partial charge on any atom is -0.389 e. The molecule has 0 saturated carbocycles. The minimum atomic E-state index is -0.837. The highest BCUT2D eigenvalue weighted by molar-refractivity contribution is 5.94. The number of carbonyl (C=O) groups is 1. The van der Waals surface area contributed by atoms with Crippen molar-refractivity contribution in [2.24, 2.45) is 0 Å². The number of nitrogens with one attached hydrogen (secondary N) is 2. The third-order valence-electron chi connectivity index (χ3n) is 6.52. The number of piperidine rings is 1. The lowest BCUT2D eigenvalue weighted by molar-refractivity contribution is -0.0168. The van der Waals surface area contributed by atoms with Gasteiger partial charge in [-0.1, -0.05) is 29.9 Å². The smallest absolute Gasteiger partial charge is 0.253 e. The lowest BCUT2D eigenvalue weighted by atomic mass is 9.86. The Labute approximate surface area is 209 Å². The molecule has 2 aromatic heterocycles. The summed E-state index contributed by atoms with van der Waals surface area (Å²) in [6, 6.07) is 22.6. The number of pyridine rings is 2. The first-order valence-electron chi connectivity index (χ1n) is 12.1. The van der Waals surface area contributed by atoms with Crippen LogP contribution in [0, 0.1) is 6.92 Å². The maximum absolute atomic E-state index is 13.0. The van der Waals surface area contributed by atoms with E-state index in [1.807, 2.05) is 67.6 Å². The second-order valence-corrected chi connectivity index (χ2v) is 9.20. The van der Waals surface area contributed by atoms with E-state index in [4.69, 9.17) is 4.84 Å². The Morgan fingerprint density at radius 2 is 1.78 bits per heavy atom. The number of benzene rings is 2. The molecule has 0 radical (unpaired) electrons. The average Bonchev–Trinajstić information content (AvgIpc) is 2.89. The van der Waals surface area contributed by atoms with Crippen molar-refractivity contribution in [2.75, 3.05) is 18.5 Å². The van der Waals surface area contributed by atoms with Crippen molar-refractivity contribution in [1.82, 2.24) is 20.5 Å². The quantitative estimate of drug-likeness (QED) is 0.341. The number of likely N-dealkylation sites (tertiary alicyclic amines) is 1. The molecule has 1 amide bonds. The van der Waals surface area contributed by atoms with Crippen molar-refractivity contribution in [3.05, 3.63) is 95.9 Å². The fourth-order valence-corrected chi connectivity index (χ4v) is 4.51. The first-order chi connectivity index (χ1) is 17.5. The largest absolute Gasteiger partial charge is 0.389 e. The van der Waals surface area contributed by atoms with Gasteiger partial charge < -0.3 is 14.8 Å². The lowest BCUT2D eigenvalue weighted by Crippen LogP contribution is -2.47. The molecule has 0 aliphatic carbocycles. The first kappa shape index (κ1) is 23.7. The van der Waals surface area contributed by atoms with Gasteiger partial charge in [0.25, 0.3) is 5.91 Å². The highest BCUT2D eigenvalue weighted by Crippen LogP contribution is 2.27. The molecule has 5 rings (SSSR count). The number of anilines is 1. The molecule has 4 aromatic rings. The average molecular weight is 484 g/mol. The Bertz CT molecular complexity index is 1350. The summed E-state index contributed by atoms with van der Waals surface area (Å²) < 4.78 is 0. The molecule has 3 heterocycles. The number of amides is 1. The van der Waals surface area contributed by atoms with Crippen LogP contribution >= 0.6 is 0 Å². The van der Waals surface area contributed by atoms with E-state index in [0.29, 0.717) is 43.7 Å². The number of rotatable bonds is 7. The van der Waals surface area contributed by atoms with Crippen LogP contribution < -0.4 is 15.9 Å². The Morgan fingerprint density at radius 3 is 2.56 bits per heavy atom. The van der Waals surface area contributed by atoms with Gasteiger partial charge in [-0.2, -0.15) is 0 Å². The summed E-state index contributed by atoms with van der Waals surface area (Å²) in [6.07, 6.45) is 3.28. The Hall–Kier alpha value is -4.01. The summed E-state index contributed by atoms with van der Waals surface area (Å²) in [5, 5.41) is 12.0. The van der Waals surface area contributed by atoms with Crippen molar-refractivity contribution in [2.45, 2.75) is 31.8 Å². The summed E-state index contributed by atoms with van der Waals surface area (Å²) in [5.74, 6) is 0.568. The zero-order valence-electron chi connectivity index (χ0n) is 20.1. The van der Waals surface area contributed by atoms with Gasteiger partial charge in [0.2, 0.25) is 0 Å². The number of para-hydroxylation sites is 1. The topological polar surface area (TPSA) is 99.6 Å². The van der Waals surface area contributed by atoms with Crippen molar-refractivity contribution in [1.29, 1.82) is 0 Å². The summed E-state index contributed by atoms with van der Waals surface area (Å²) in [7, 11) is 0. The summed E-state index contributed by atoms with van der Waals surface area (Å²) in [4.78, 5) is 29.3. The van der Waals surface area contributed by atoms with Gasteiger partial charge in [0, 0.05) is 48.0 Å². The van der Waals surface area contributed by atoms with Gasteiger partial charge in [-0.15, -0.1) is 0 Å². The molecule has 8 heteroatoms. The fourth-order valence-electron chi connectivity index (χ4n) is 4.51. The van der Waals surface area contributed by atoms with Crippen molar-refractivity contribution in [3.63, 3.8) is 0 Å². The SMILES string of the molecule is Cc1cccc(CC2(O)CCN(C(=O)c3ccc(NNOc4cccc5cccnc45)cc3)CC2)n1. The summed E-state index contributed by atoms with van der Waals surface area (Å²) >= 11 is 0. The molecule has 1 fully saturated rings. The zero-order valence-corrected chi connectivity index (χ0v) is 20.1. The molecule has 36 heavy (non-hydrogen) atoms. The van der Waals surface area contributed by atoms with E-state index in [1.54, 1.807) is 23.2 Å². The van der Waals surface area contributed by atoms with Gasteiger partial charge in [0.15, 0.2) is 5.75 Å². The third-order valence-corrected chi connectivity index (χ3v) is 6.52. The molecule has 0 bridgehead atoms. The van der Waals surface area contributed by atoms with Gasteiger partial charge in [-0.25, -0.2) is 0 Å². The van der Waals surface area contributed by atoms with Gasteiger partial charge >= 0.3 is 0 Å². The van der Waals surface area contributed by atoms with Crippen LogP contribution in [-0.2, 0) is 6.42 Å². The molecule has 2 aromatic carbocycles. The number of aliphatic hydroxyl groups is 1. The highest BCUT2D eigenvalue weighted by atomic mass is 16.7. The van der Waals surface area contributed by atoms with Gasteiger partial charge in [-0.05, 0) is 68.3 Å². The van der Waals surface area contributed by atoms with Crippen LogP contribution in [0.2, 0.25) is 0 Å². The number of aryl methyl sites for hydroxylation is 1. The number of carbonyl (C=O) groups excluding carboxylic acids is 1. The molecule has 0 atom stereocenters. The molecule has 0 unspecified atom stereocenters. The molecule has 1 aliphatic rings. The van der Waals surface area contributed by atoms with Gasteiger partial charge in [-0.3, -0.25) is 20.2 Å². The number of hydrogen-bond donors (Lipinski definition) is 3. The predicted octanol–water partition coefficient (Wildman–Crippen LogP) is 4.06. The molecular weight excluding hydrogens is 454 g/mol. The Balaban J connectivity index is 1.13. The van der Waals surface area contributed by atoms with E-state index >= 15 is 0 Å². The molecule has 1 aliphatic heterocycles. The van der Waals surface area contributed by atoms with Crippen LogP contribution in [0.1, 0.15) is 34.6 Å². The Kier molecular flexibility index (Phi) is 6.79. The molecule has 3 N–H and O–H groups in total. The van der Waals surface area contributed by atoms with E-state index in [2.05, 4.69) is 21.0 Å². The second-order valence-electron chi connectivity index (χ2n) is 9.20. The predicted molar refractivity (Wildman–Crippen MR) is 138 cm³/mol. The highest BCUT2D eigenvalue weighted by Gasteiger charge is 2.34. The maximum Gasteiger partial charge on any atom is 0.253 e. The Morgan fingerprint density at radius 1 is 1.03 bits per heavy atom. The minimum absolute atomic E-state index is 0.0386. The third kappa shape index (κ3) is 5.45. The second kappa shape index (κ2) is 10.3. The van der Waals surface area contributed by atoms with Crippen LogP contribution in [-0.4, -0.2) is 44.6 Å². The number of hydrogen-bond acceptors (Lipinski definition) is 7. The number of nitrogens with zero attached hydrogens (tertiary/aromatic N) is 3. The number of hydrazine groups is 1. The molecule has 0 spiro atoms. The van der Waals surface area contributed by atoms with E-state index in [-0.39, 0.29) is 5.91 Å². The first-order valence-corrected chi connectivity index (χ1v) is 12.1. The zero-order chi connectivity index (χ0) is 25.0. The van der Waals surface area contributed by atoms with Gasteiger partial charge in [0.1, 0.15) is 5.52 Å². The summed E-state index contributed by atoms with van der Waals surface area (Å²) in [6.45, 7) is 2.96. The van der Waals surface area contributed by atoms with Gasteiger partial charge in [0.05, 0.1) is 11.3 Å². The number of fused-ring (bicyclic) bond motifs is 1. The standard InChI is InChI=1S/C28H29N5O3/c1-20-5-2-8-24(30-20)19-28(35)14-17-33(18-15-28)27(34)22-10-12-23(13-11-22)31-32-36-25-9-3-6-21-7-4-16-29-26(21)25/h2-13,16,31-32,35H,14-15,17-19H2,1H3.